The van der Waals surface area contributed by atoms with E-state index in [1.807, 2.05) is 0 Å². The Bertz CT molecular complexity index is 1240. The monoisotopic (exact) mass is 577 g/mol. The van der Waals surface area contributed by atoms with Crippen LogP contribution in [-0.2, 0) is 4.74 Å². The maximum Gasteiger partial charge on any atom is 0.338 e. The third kappa shape index (κ3) is 8.76. The van der Waals surface area contributed by atoms with Crippen LogP contribution < -0.4 is 25.3 Å². The summed E-state index contributed by atoms with van der Waals surface area (Å²) < 4.78 is 21.3. The number of carbonyl (C=O) groups excluding carboxylic acids is 1. The van der Waals surface area contributed by atoms with Crippen molar-refractivity contribution in [3.63, 3.8) is 0 Å². The van der Waals surface area contributed by atoms with Crippen molar-refractivity contribution in [2.24, 2.45) is 0 Å². The Kier molecular flexibility index (Phi) is 11.7. The van der Waals surface area contributed by atoms with E-state index in [-0.39, 0.29) is 5.95 Å². The van der Waals surface area contributed by atoms with Gasteiger partial charge in [-0.3, -0.25) is 0 Å². The predicted molar refractivity (Wildman–Crippen MR) is 152 cm³/mol. The zero-order chi connectivity index (χ0) is 28.2. The summed E-state index contributed by atoms with van der Waals surface area (Å²) >= 11 is 12.3. The van der Waals surface area contributed by atoms with Crippen LogP contribution >= 0.6 is 23.2 Å². The lowest BCUT2D eigenvalue weighted by Crippen LogP contribution is -2.09. The van der Waals surface area contributed by atoms with E-state index in [9.17, 15) is 4.79 Å². The molecule has 0 amide bonds. The number of unbranched alkanes of at least 4 members (excludes halogenated alkanes) is 5. The fraction of sp³-hybridized carbons (Fsp3) is 0.407. The third-order valence-electron chi connectivity index (χ3n) is 5.81. The van der Waals surface area contributed by atoms with Crippen molar-refractivity contribution < 1.29 is 23.7 Å². The van der Waals surface area contributed by atoms with Gasteiger partial charge in [-0.15, -0.1) is 0 Å². The van der Waals surface area contributed by atoms with E-state index in [1.165, 1.54) is 21.3 Å². The van der Waals surface area contributed by atoms with Gasteiger partial charge < -0.3 is 30.0 Å². The molecule has 210 valence electrons. The SMILES string of the molecule is COc1cc(C(=O)OCCCCCCCCNc2nc(N)nc(-c3cc(Cl)ccc3Cl)n2)cc(OC)c1OC. The second-order valence-electron chi connectivity index (χ2n) is 8.56. The van der Waals surface area contributed by atoms with E-state index in [2.05, 4.69) is 20.3 Å². The van der Waals surface area contributed by atoms with Gasteiger partial charge in [0, 0.05) is 17.1 Å². The molecule has 0 aliphatic carbocycles. The minimum absolute atomic E-state index is 0.101. The van der Waals surface area contributed by atoms with Gasteiger partial charge in [-0.05, 0) is 43.2 Å². The van der Waals surface area contributed by atoms with Gasteiger partial charge in [-0.25, -0.2) is 4.79 Å². The molecule has 0 atom stereocenters. The first kappa shape index (κ1) is 30.0. The molecule has 3 N–H and O–H groups in total. The highest BCUT2D eigenvalue weighted by Crippen LogP contribution is 2.38. The highest BCUT2D eigenvalue weighted by Gasteiger charge is 2.18. The second-order valence-corrected chi connectivity index (χ2v) is 9.41. The molecule has 1 heterocycles. The van der Waals surface area contributed by atoms with E-state index in [1.54, 1.807) is 30.3 Å². The Hall–Kier alpha value is -3.50. The summed E-state index contributed by atoms with van der Waals surface area (Å²) in [5, 5.41) is 4.20. The maximum absolute atomic E-state index is 12.4. The number of nitrogens with two attached hydrogens (primary N) is 1. The summed E-state index contributed by atoms with van der Waals surface area (Å²) in [4.78, 5) is 25.2. The number of esters is 1. The first-order chi connectivity index (χ1) is 18.9. The minimum atomic E-state index is -0.430. The van der Waals surface area contributed by atoms with Crippen molar-refractivity contribution in [3.05, 3.63) is 45.9 Å². The van der Waals surface area contributed by atoms with Crippen LogP contribution in [0.3, 0.4) is 0 Å². The van der Waals surface area contributed by atoms with E-state index in [0.29, 0.717) is 63.3 Å². The Morgan fingerprint density at radius 1 is 0.872 bits per heavy atom. The maximum atomic E-state index is 12.4. The summed E-state index contributed by atoms with van der Waals surface area (Å²) in [6.07, 6.45) is 5.82. The molecule has 0 aliphatic rings. The Morgan fingerprint density at radius 3 is 2.21 bits per heavy atom. The second kappa shape index (κ2) is 15.2. The number of hydrogen-bond donors (Lipinski definition) is 2. The quantitative estimate of drug-likeness (QED) is 0.162. The van der Waals surface area contributed by atoms with Crippen LogP contribution in [0.15, 0.2) is 30.3 Å². The number of hydrogen-bond acceptors (Lipinski definition) is 10. The first-order valence-corrected chi connectivity index (χ1v) is 13.3. The van der Waals surface area contributed by atoms with Gasteiger partial charge in [0.25, 0.3) is 0 Å². The van der Waals surface area contributed by atoms with Crippen LogP contribution in [0.25, 0.3) is 11.4 Å². The smallest absolute Gasteiger partial charge is 0.338 e. The highest BCUT2D eigenvalue weighted by molar-refractivity contribution is 6.35. The van der Waals surface area contributed by atoms with E-state index in [4.69, 9.17) is 47.9 Å². The molecular formula is C27H33Cl2N5O5. The number of nitrogen functional groups attached to an aromatic ring is 1. The number of nitrogens with zero attached hydrogens (tertiary/aromatic N) is 3. The minimum Gasteiger partial charge on any atom is -0.493 e. The van der Waals surface area contributed by atoms with Gasteiger partial charge in [0.05, 0.1) is 38.5 Å². The molecule has 3 rings (SSSR count). The molecule has 0 saturated heterocycles. The lowest BCUT2D eigenvalue weighted by Gasteiger charge is -2.13. The standard InChI is InChI=1S/C27H33Cl2N5O5/c1-36-21-14-17(15-22(37-2)23(21)38-3)25(35)39-13-9-7-5-4-6-8-12-31-27-33-24(32-26(30)34-27)19-16-18(28)10-11-20(19)29/h10-11,14-16H,4-9,12-13H2,1-3H3,(H3,30,31,32,33,34). The number of ether oxygens (including phenoxy) is 4. The molecule has 3 aromatic rings. The van der Waals surface area contributed by atoms with Crippen LogP contribution in [0.4, 0.5) is 11.9 Å². The van der Waals surface area contributed by atoms with Crippen molar-refractivity contribution in [2.45, 2.75) is 38.5 Å². The molecule has 0 aliphatic heterocycles. The molecule has 10 nitrogen and oxygen atoms in total. The molecule has 0 saturated carbocycles. The van der Waals surface area contributed by atoms with Crippen molar-refractivity contribution in [2.75, 3.05) is 45.5 Å². The van der Waals surface area contributed by atoms with Crippen LogP contribution in [-0.4, -0.2) is 55.4 Å². The number of nitrogens with one attached hydrogen (secondary N) is 1. The molecule has 0 bridgehead atoms. The summed E-state index contributed by atoms with van der Waals surface area (Å²) in [5.41, 5.74) is 6.80. The summed E-state index contributed by atoms with van der Waals surface area (Å²) in [7, 11) is 4.51. The van der Waals surface area contributed by atoms with Crippen LogP contribution in [0.5, 0.6) is 17.2 Å². The molecule has 1 aromatic heterocycles. The zero-order valence-corrected chi connectivity index (χ0v) is 23.8. The summed E-state index contributed by atoms with van der Waals surface area (Å²) in [6.45, 7) is 1.04. The number of carbonyl (C=O) groups is 1. The van der Waals surface area contributed by atoms with Crippen molar-refractivity contribution >= 4 is 41.1 Å². The van der Waals surface area contributed by atoms with Crippen LogP contribution in [0.1, 0.15) is 48.9 Å². The van der Waals surface area contributed by atoms with E-state index in [0.717, 1.165) is 38.5 Å². The molecule has 2 aromatic carbocycles. The molecular weight excluding hydrogens is 545 g/mol. The van der Waals surface area contributed by atoms with E-state index >= 15 is 0 Å². The average molecular weight is 578 g/mol. The lowest BCUT2D eigenvalue weighted by atomic mass is 10.1. The predicted octanol–water partition coefficient (Wildman–Crippen LogP) is 6.06. The average Bonchev–Trinajstić information content (AvgIpc) is 2.93. The number of aromatic nitrogens is 3. The van der Waals surface area contributed by atoms with Gasteiger partial charge >= 0.3 is 5.97 Å². The lowest BCUT2D eigenvalue weighted by molar-refractivity contribution is 0.0496. The largest absolute Gasteiger partial charge is 0.493 e. The van der Waals surface area contributed by atoms with Gasteiger partial charge in [0.1, 0.15) is 0 Å². The van der Waals surface area contributed by atoms with Crippen LogP contribution in [0, 0.1) is 0 Å². The third-order valence-corrected chi connectivity index (χ3v) is 6.37. The fourth-order valence-corrected chi connectivity index (χ4v) is 4.22. The number of benzene rings is 2. The molecule has 0 unspecified atom stereocenters. The normalized spacial score (nSPS) is 10.7. The van der Waals surface area contributed by atoms with Gasteiger partial charge in [-0.1, -0.05) is 48.9 Å². The van der Waals surface area contributed by atoms with Gasteiger partial charge in [0.15, 0.2) is 17.3 Å². The Balaban J connectivity index is 1.33. The highest BCUT2D eigenvalue weighted by atomic mass is 35.5. The van der Waals surface area contributed by atoms with Gasteiger partial charge in [-0.2, -0.15) is 15.0 Å². The zero-order valence-electron chi connectivity index (χ0n) is 22.3. The topological polar surface area (TPSA) is 131 Å². The molecule has 0 radical (unpaired) electrons. The Morgan fingerprint density at radius 2 is 1.54 bits per heavy atom. The first-order valence-electron chi connectivity index (χ1n) is 12.5. The van der Waals surface area contributed by atoms with Crippen molar-refractivity contribution in [1.29, 1.82) is 0 Å². The van der Waals surface area contributed by atoms with Gasteiger partial charge in [0.2, 0.25) is 17.6 Å². The fourth-order valence-electron chi connectivity index (χ4n) is 3.84. The molecule has 0 spiro atoms. The van der Waals surface area contributed by atoms with E-state index < -0.39 is 5.97 Å². The molecule has 0 fully saturated rings. The molecule has 12 heteroatoms. The number of halogens is 2. The van der Waals surface area contributed by atoms with Crippen molar-refractivity contribution in [3.8, 4) is 28.6 Å². The summed E-state index contributed by atoms with van der Waals surface area (Å²) in [6, 6.07) is 8.23. The van der Waals surface area contributed by atoms with Crippen LogP contribution in [0.2, 0.25) is 10.0 Å². The molecule has 39 heavy (non-hydrogen) atoms. The number of anilines is 2. The number of rotatable bonds is 15. The van der Waals surface area contributed by atoms with Crippen molar-refractivity contribution in [1.82, 2.24) is 15.0 Å². The Labute approximate surface area is 238 Å². The number of methoxy groups -OCH3 is 3. The summed E-state index contributed by atoms with van der Waals surface area (Å²) in [5.74, 6) is 1.67.